The second kappa shape index (κ2) is 8.70. The second-order valence-corrected chi connectivity index (χ2v) is 4.88. The van der Waals surface area contributed by atoms with Gasteiger partial charge < -0.3 is 19.2 Å². The maximum absolute atomic E-state index is 12.2. The smallest absolute Gasteiger partial charge is 0.375 e. The first-order valence-electron chi connectivity index (χ1n) is 7.56. The Balaban J connectivity index is 2.08. The van der Waals surface area contributed by atoms with Gasteiger partial charge in [-0.3, -0.25) is 4.79 Å². The van der Waals surface area contributed by atoms with Gasteiger partial charge in [0.15, 0.2) is 6.61 Å². The summed E-state index contributed by atoms with van der Waals surface area (Å²) >= 11 is 0. The third kappa shape index (κ3) is 4.33. The van der Waals surface area contributed by atoms with E-state index in [1.165, 1.54) is 0 Å². The van der Waals surface area contributed by atoms with Gasteiger partial charge in [-0.05, 0) is 13.0 Å². The van der Waals surface area contributed by atoms with Gasteiger partial charge in [-0.15, -0.1) is 0 Å². The van der Waals surface area contributed by atoms with Crippen molar-refractivity contribution in [2.45, 2.75) is 20.0 Å². The fraction of sp³-hybridized carbons (Fsp3) is 0.353. The largest absolute Gasteiger partial charge is 0.450 e. The van der Waals surface area contributed by atoms with Gasteiger partial charge in [0, 0.05) is 24.1 Å². The summed E-state index contributed by atoms with van der Waals surface area (Å²) < 4.78 is 15.9. The Kier molecular flexibility index (Phi) is 6.34. The normalized spacial score (nSPS) is 10.3. The van der Waals surface area contributed by atoms with Crippen molar-refractivity contribution < 1.29 is 23.5 Å². The molecule has 1 aromatic carbocycles. The molecule has 0 fully saturated rings. The van der Waals surface area contributed by atoms with E-state index >= 15 is 0 Å². The summed E-state index contributed by atoms with van der Waals surface area (Å²) in [5.74, 6) is -1.16. The molecular weight excluding hydrogens is 312 g/mol. The van der Waals surface area contributed by atoms with Crippen molar-refractivity contribution in [3.63, 3.8) is 0 Å². The zero-order valence-electron chi connectivity index (χ0n) is 13.3. The Morgan fingerprint density at radius 1 is 1.33 bits per heavy atom. The highest BCUT2D eigenvalue weighted by molar-refractivity contribution is 5.96. The topological polar surface area (TPSA) is 102 Å². The number of benzene rings is 1. The maximum Gasteiger partial charge on any atom is 0.375 e. The molecule has 7 heteroatoms. The molecule has 1 heterocycles. The Morgan fingerprint density at radius 2 is 2.12 bits per heavy atom. The zero-order chi connectivity index (χ0) is 17.4. The minimum Gasteiger partial charge on any atom is -0.450 e. The van der Waals surface area contributed by atoms with Crippen LogP contribution in [-0.4, -0.2) is 31.6 Å². The SMILES string of the molecule is CCOCc1c(C(=O)OCC(=O)NCCC#N)oc2ccccc12. The van der Waals surface area contributed by atoms with E-state index in [0.717, 1.165) is 5.39 Å². The summed E-state index contributed by atoms with van der Waals surface area (Å²) in [5, 5.41) is 11.7. The first-order chi connectivity index (χ1) is 11.7. The van der Waals surface area contributed by atoms with Crippen LogP contribution < -0.4 is 5.32 Å². The molecule has 1 amide bonds. The van der Waals surface area contributed by atoms with Gasteiger partial charge >= 0.3 is 5.97 Å². The van der Waals surface area contributed by atoms with Crippen LogP contribution in [0.1, 0.15) is 29.5 Å². The van der Waals surface area contributed by atoms with Gasteiger partial charge in [0.05, 0.1) is 19.1 Å². The monoisotopic (exact) mass is 330 g/mol. The summed E-state index contributed by atoms with van der Waals surface area (Å²) in [6, 6.07) is 9.12. The van der Waals surface area contributed by atoms with E-state index in [4.69, 9.17) is 19.2 Å². The number of para-hydroxylation sites is 1. The van der Waals surface area contributed by atoms with E-state index in [0.29, 0.717) is 17.8 Å². The number of amides is 1. The molecule has 0 unspecified atom stereocenters. The van der Waals surface area contributed by atoms with Crippen LogP contribution in [0.3, 0.4) is 0 Å². The number of hydrogen-bond donors (Lipinski definition) is 1. The number of nitrogens with one attached hydrogen (secondary N) is 1. The lowest BCUT2D eigenvalue weighted by atomic mass is 10.1. The zero-order valence-corrected chi connectivity index (χ0v) is 13.3. The number of furan rings is 1. The summed E-state index contributed by atoms with van der Waals surface area (Å²) in [6.07, 6.45) is 0.196. The van der Waals surface area contributed by atoms with E-state index in [2.05, 4.69) is 5.32 Å². The third-order valence-corrected chi connectivity index (χ3v) is 3.23. The number of rotatable bonds is 8. The number of hydrogen-bond acceptors (Lipinski definition) is 6. The fourth-order valence-electron chi connectivity index (χ4n) is 2.12. The predicted molar refractivity (Wildman–Crippen MR) is 85.1 cm³/mol. The van der Waals surface area contributed by atoms with E-state index < -0.39 is 18.5 Å². The van der Waals surface area contributed by atoms with Gasteiger partial charge in [0.2, 0.25) is 5.76 Å². The minimum atomic E-state index is -0.726. The first kappa shape index (κ1) is 17.5. The van der Waals surface area contributed by atoms with Crippen LogP contribution in [0.4, 0.5) is 0 Å². The van der Waals surface area contributed by atoms with Crippen LogP contribution in [-0.2, 0) is 20.9 Å². The molecule has 0 aliphatic carbocycles. The minimum absolute atomic E-state index is 0.0366. The van der Waals surface area contributed by atoms with E-state index in [9.17, 15) is 9.59 Å². The average Bonchev–Trinajstić information content (AvgIpc) is 2.96. The molecule has 2 rings (SSSR count). The highest BCUT2D eigenvalue weighted by Crippen LogP contribution is 2.27. The van der Waals surface area contributed by atoms with Crippen molar-refractivity contribution in [3.05, 3.63) is 35.6 Å². The molecule has 0 saturated carbocycles. The van der Waals surface area contributed by atoms with Crippen LogP contribution in [0.25, 0.3) is 11.0 Å². The maximum atomic E-state index is 12.2. The highest BCUT2D eigenvalue weighted by Gasteiger charge is 2.22. The van der Waals surface area contributed by atoms with Crippen molar-refractivity contribution in [3.8, 4) is 6.07 Å². The molecule has 0 atom stereocenters. The van der Waals surface area contributed by atoms with Crippen molar-refractivity contribution >= 4 is 22.8 Å². The molecule has 7 nitrogen and oxygen atoms in total. The van der Waals surface area contributed by atoms with Crippen LogP contribution in [0, 0.1) is 11.3 Å². The van der Waals surface area contributed by atoms with Crippen molar-refractivity contribution in [2.75, 3.05) is 19.8 Å². The second-order valence-electron chi connectivity index (χ2n) is 4.88. The fourth-order valence-corrected chi connectivity index (χ4v) is 2.12. The molecule has 2 aromatic rings. The molecule has 24 heavy (non-hydrogen) atoms. The molecule has 0 spiro atoms. The molecule has 1 N–H and O–H groups in total. The lowest BCUT2D eigenvalue weighted by Crippen LogP contribution is -2.29. The first-order valence-corrected chi connectivity index (χ1v) is 7.56. The third-order valence-electron chi connectivity index (χ3n) is 3.23. The van der Waals surface area contributed by atoms with Crippen molar-refractivity contribution in [1.29, 1.82) is 5.26 Å². The summed E-state index contributed by atoms with van der Waals surface area (Å²) in [4.78, 5) is 23.8. The number of fused-ring (bicyclic) bond motifs is 1. The van der Waals surface area contributed by atoms with E-state index in [1.54, 1.807) is 12.1 Å². The highest BCUT2D eigenvalue weighted by atomic mass is 16.5. The van der Waals surface area contributed by atoms with Crippen molar-refractivity contribution in [2.24, 2.45) is 0 Å². The van der Waals surface area contributed by atoms with Crippen molar-refractivity contribution in [1.82, 2.24) is 5.32 Å². The van der Waals surface area contributed by atoms with Gasteiger partial charge in [-0.1, -0.05) is 18.2 Å². The number of esters is 1. The predicted octanol–water partition coefficient (Wildman–Crippen LogP) is 2.16. The standard InChI is InChI=1S/C17H18N2O5/c1-2-22-10-13-12-6-3-4-7-14(12)24-16(13)17(21)23-11-15(20)19-9-5-8-18/h3-4,6-7H,2,5,9-11H2,1H3,(H,19,20). The molecule has 0 aliphatic rings. The van der Waals surface area contributed by atoms with E-state index in [-0.39, 0.29) is 25.3 Å². The molecule has 0 saturated heterocycles. The Morgan fingerprint density at radius 3 is 2.88 bits per heavy atom. The van der Waals surface area contributed by atoms with Crippen LogP contribution in [0.5, 0.6) is 0 Å². The van der Waals surface area contributed by atoms with Gasteiger partial charge in [0.25, 0.3) is 5.91 Å². The lowest BCUT2D eigenvalue weighted by Gasteiger charge is -2.05. The molecule has 0 bridgehead atoms. The van der Waals surface area contributed by atoms with Gasteiger partial charge in [-0.2, -0.15) is 5.26 Å². The average molecular weight is 330 g/mol. The van der Waals surface area contributed by atoms with Gasteiger partial charge in [-0.25, -0.2) is 4.79 Å². The molecule has 1 aromatic heterocycles. The number of carbonyl (C=O) groups is 2. The van der Waals surface area contributed by atoms with E-state index in [1.807, 2.05) is 25.1 Å². The Hall–Kier alpha value is -2.85. The molecule has 0 radical (unpaired) electrons. The summed E-state index contributed by atoms with van der Waals surface area (Å²) in [5.41, 5.74) is 1.15. The molecular formula is C17H18N2O5. The Bertz CT molecular complexity index is 760. The van der Waals surface area contributed by atoms with Gasteiger partial charge in [0.1, 0.15) is 5.58 Å². The van der Waals surface area contributed by atoms with Crippen LogP contribution in [0.15, 0.2) is 28.7 Å². The number of carbonyl (C=O) groups excluding carboxylic acids is 2. The number of nitriles is 1. The van der Waals surface area contributed by atoms with Crippen LogP contribution >= 0.6 is 0 Å². The summed E-state index contributed by atoms with van der Waals surface area (Å²) in [7, 11) is 0. The molecule has 126 valence electrons. The number of ether oxygens (including phenoxy) is 2. The van der Waals surface area contributed by atoms with Crippen LogP contribution in [0.2, 0.25) is 0 Å². The Labute approximate surface area is 139 Å². The molecule has 0 aliphatic heterocycles. The number of nitrogens with zero attached hydrogens (tertiary/aromatic N) is 1. The summed E-state index contributed by atoms with van der Waals surface area (Å²) in [6.45, 7) is 2.34. The quantitative estimate of drug-likeness (QED) is 0.588. The lowest BCUT2D eigenvalue weighted by molar-refractivity contribution is -0.124.